The van der Waals surface area contributed by atoms with E-state index >= 15 is 0 Å². The number of hydrogen-bond acceptors (Lipinski definition) is 3. The zero-order chi connectivity index (χ0) is 12.9. The average Bonchev–Trinajstić information content (AvgIpc) is 2.67. The normalized spacial score (nSPS) is 11.3. The van der Waals surface area contributed by atoms with Crippen molar-refractivity contribution in [2.24, 2.45) is 0 Å². The monoisotopic (exact) mass is 240 g/mol. The molecule has 2 heterocycles. The lowest BCUT2D eigenvalue weighted by Gasteiger charge is -2.11. The van der Waals surface area contributed by atoms with Crippen LogP contribution in [0.1, 0.15) is 11.3 Å². The molecule has 0 radical (unpaired) electrons. The van der Waals surface area contributed by atoms with Gasteiger partial charge in [-0.3, -0.25) is 0 Å². The second-order valence-electron chi connectivity index (χ2n) is 4.94. The summed E-state index contributed by atoms with van der Waals surface area (Å²) in [7, 11) is 4.00. The van der Waals surface area contributed by atoms with Crippen molar-refractivity contribution in [2.75, 3.05) is 19.0 Å². The number of aromatic nitrogens is 1. The minimum Gasteiger partial charge on any atom is -0.454 e. The molecular formula is C15H16N2O. The predicted molar refractivity (Wildman–Crippen MR) is 75.3 cm³/mol. The molecule has 0 spiro atoms. The second-order valence-corrected chi connectivity index (χ2v) is 4.94. The first-order chi connectivity index (χ1) is 8.56. The van der Waals surface area contributed by atoms with Gasteiger partial charge in [0.15, 0.2) is 5.58 Å². The molecule has 3 rings (SSSR count). The van der Waals surface area contributed by atoms with Crippen LogP contribution < -0.4 is 4.90 Å². The van der Waals surface area contributed by atoms with Gasteiger partial charge in [0.2, 0.25) is 0 Å². The van der Waals surface area contributed by atoms with Crippen LogP contribution in [0.5, 0.6) is 0 Å². The highest BCUT2D eigenvalue weighted by molar-refractivity contribution is 6.06. The second kappa shape index (κ2) is 3.73. The standard InChI is InChI=1S/C15H16N2O/c1-9-5-6-11-12-8-14(17(3)4)16-10(2)15(12)18-13(11)7-9/h5-8H,1-4H3. The van der Waals surface area contributed by atoms with Crippen LogP contribution in [0.3, 0.4) is 0 Å². The molecule has 3 aromatic rings. The van der Waals surface area contributed by atoms with E-state index < -0.39 is 0 Å². The third-order valence-electron chi connectivity index (χ3n) is 3.23. The van der Waals surface area contributed by atoms with E-state index in [1.807, 2.05) is 25.9 Å². The molecule has 0 saturated carbocycles. The van der Waals surface area contributed by atoms with Crippen molar-refractivity contribution in [3.63, 3.8) is 0 Å². The minimum absolute atomic E-state index is 0.890. The fraction of sp³-hybridized carbons (Fsp3) is 0.267. The molecule has 0 aliphatic heterocycles. The van der Waals surface area contributed by atoms with Gasteiger partial charge in [-0.2, -0.15) is 0 Å². The predicted octanol–water partition coefficient (Wildman–Crippen LogP) is 3.66. The SMILES string of the molecule is Cc1ccc2c(c1)oc1c(C)nc(N(C)C)cc12. The van der Waals surface area contributed by atoms with Gasteiger partial charge >= 0.3 is 0 Å². The summed E-state index contributed by atoms with van der Waals surface area (Å²) in [5.41, 5.74) is 3.97. The Morgan fingerprint density at radius 2 is 1.83 bits per heavy atom. The molecule has 92 valence electrons. The van der Waals surface area contributed by atoms with E-state index in [0.717, 1.165) is 33.5 Å². The quantitative estimate of drug-likeness (QED) is 0.650. The molecule has 2 aromatic heterocycles. The van der Waals surface area contributed by atoms with E-state index in [-0.39, 0.29) is 0 Å². The third-order valence-corrected chi connectivity index (χ3v) is 3.23. The van der Waals surface area contributed by atoms with Crippen molar-refractivity contribution in [3.8, 4) is 0 Å². The molecule has 3 heteroatoms. The Balaban J connectivity index is 2.44. The molecule has 1 aromatic carbocycles. The van der Waals surface area contributed by atoms with Gasteiger partial charge in [-0.25, -0.2) is 4.98 Å². The molecule has 18 heavy (non-hydrogen) atoms. The van der Waals surface area contributed by atoms with Crippen LogP contribution in [-0.4, -0.2) is 19.1 Å². The maximum Gasteiger partial charge on any atom is 0.156 e. The number of rotatable bonds is 1. The van der Waals surface area contributed by atoms with Crippen molar-refractivity contribution in [2.45, 2.75) is 13.8 Å². The van der Waals surface area contributed by atoms with Crippen molar-refractivity contribution in [1.29, 1.82) is 0 Å². The number of anilines is 1. The summed E-state index contributed by atoms with van der Waals surface area (Å²) in [6.45, 7) is 4.06. The lowest BCUT2D eigenvalue weighted by atomic mass is 10.1. The summed E-state index contributed by atoms with van der Waals surface area (Å²) in [6.07, 6.45) is 0. The number of aryl methyl sites for hydroxylation is 2. The summed E-state index contributed by atoms with van der Waals surface area (Å²) in [4.78, 5) is 6.56. The van der Waals surface area contributed by atoms with E-state index in [2.05, 4.69) is 36.2 Å². The Bertz CT molecular complexity index is 741. The summed E-state index contributed by atoms with van der Waals surface area (Å²) < 4.78 is 5.92. The Morgan fingerprint density at radius 3 is 2.56 bits per heavy atom. The number of nitrogens with zero attached hydrogens (tertiary/aromatic N) is 2. The first-order valence-electron chi connectivity index (χ1n) is 6.04. The molecule has 3 nitrogen and oxygen atoms in total. The van der Waals surface area contributed by atoms with Crippen LogP contribution in [-0.2, 0) is 0 Å². The van der Waals surface area contributed by atoms with Gasteiger partial charge in [-0.05, 0) is 31.5 Å². The molecular weight excluding hydrogens is 224 g/mol. The van der Waals surface area contributed by atoms with Crippen LogP contribution in [0.4, 0.5) is 5.82 Å². The van der Waals surface area contributed by atoms with Gasteiger partial charge in [-0.1, -0.05) is 12.1 Å². The highest BCUT2D eigenvalue weighted by atomic mass is 16.3. The van der Waals surface area contributed by atoms with E-state index in [1.165, 1.54) is 5.56 Å². The van der Waals surface area contributed by atoms with Crippen molar-refractivity contribution in [1.82, 2.24) is 4.98 Å². The van der Waals surface area contributed by atoms with Crippen molar-refractivity contribution >= 4 is 27.8 Å². The van der Waals surface area contributed by atoms with Gasteiger partial charge in [-0.15, -0.1) is 0 Å². The fourth-order valence-electron chi connectivity index (χ4n) is 2.25. The van der Waals surface area contributed by atoms with Crippen LogP contribution in [0.2, 0.25) is 0 Å². The maximum atomic E-state index is 5.92. The zero-order valence-electron chi connectivity index (χ0n) is 11.1. The summed E-state index contributed by atoms with van der Waals surface area (Å²) in [5.74, 6) is 0.961. The van der Waals surface area contributed by atoms with Crippen LogP contribution in [0, 0.1) is 13.8 Å². The van der Waals surface area contributed by atoms with Crippen LogP contribution >= 0.6 is 0 Å². The maximum absolute atomic E-state index is 5.92. The number of fused-ring (bicyclic) bond motifs is 3. The average molecular weight is 240 g/mol. The zero-order valence-corrected chi connectivity index (χ0v) is 11.1. The molecule has 0 fully saturated rings. The molecule has 0 bridgehead atoms. The van der Waals surface area contributed by atoms with Gasteiger partial charge in [0.25, 0.3) is 0 Å². The van der Waals surface area contributed by atoms with E-state index in [0.29, 0.717) is 0 Å². The lowest BCUT2D eigenvalue weighted by molar-refractivity contribution is 0.662. The highest BCUT2D eigenvalue weighted by Gasteiger charge is 2.12. The van der Waals surface area contributed by atoms with Crippen molar-refractivity contribution < 1.29 is 4.42 Å². The number of pyridine rings is 1. The number of furan rings is 1. The summed E-state index contributed by atoms with van der Waals surface area (Å²) >= 11 is 0. The highest BCUT2D eigenvalue weighted by Crippen LogP contribution is 2.32. The summed E-state index contributed by atoms with van der Waals surface area (Å²) in [5, 5.41) is 2.30. The lowest BCUT2D eigenvalue weighted by Crippen LogP contribution is -2.10. The molecule has 0 N–H and O–H groups in total. The Hall–Kier alpha value is -2.03. The molecule has 0 saturated heterocycles. The molecule has 0 unspecified atom stereocenters. The Kier molecular flexibility index (Phi) is 2.30. The first-order valence-corrected chi connectivity index (χ1v) is 6.04. The van der Waals surface area contributed by atoms with Crippen LogP contribution in [0.25, 0.3) is 21.9 Å². The summed E-state index contributed by atoms with van der Waals surface area (Å²) in [6, 6.07) is 8.39. The number of benzene rings is 1. The van der Waals surface area contributed by atoms with Crippen molar-refractivity contribution in [3.05, 3.63) is 35.5 Å². The third kappa shape index (κ3) is 1.55. The first kappa shape index (κ1) is 11.1. The molecule has 0 aliphatic carbocycles. The molecule has 0 aliphatic rings. The van der Waals surface area contributed by atoms with Crippen LogP contribution in [0.15, 0.2) is 28.7 Å². The van der Waals surface area contributed by atoms with E-state index in [9.17, 15) is 0 Å². The van der Waals surface area contributed by atoms with Gasteiger partial charge in [0.1, 0.15) is 11.4 Å². The Labute approximate surface area is 106 Å². The van der Waals surface area contributed by atoms with E-state index in [1.54, 1.807) is 0 Å². The van der Waals surface area contributed by atoms with Gasteiger partial charge < -0.3 is 9.32 Å². The largest absolute Gasteiger partial charge is 0.454 e. The van der Waals surface area contributed by atoms with E-state index in [4.69, 9.17) is 4.42 Å². The van der Waals surface area contributed by atoms with Gasteiger partial charge in [0, 0.05) is 24.9 Å². The topological polar surface area (TPSA) is 29.3 Å². The fourth-order valence-corrected chi connectivity index (χ4v) is 2.25. The molecule has 0 amide bonds. The molecule has 0 atom stereocenters. The minimum atomic E-state index is 0.890. The Morgan fingerprint density at radius 1 is 1.06 bits per heavy atom. The van der Waals surface area contributed by atoms with Gasteiger partial charge in [0.05, 0.1) is 5.69 Å². The number of hydrogen-bond donors (Lipinski definition) is 0. The smallest absolute Gasteiger partial charge is 0.156 e.